The van der Waals surface area contributed by atoms with Gasteiger partial charge in [-0.25, -0.2) is 0 Å². The van der Waals surface area contributed by atoms with Gasteiger partial charge in [-0.15, -0.1) is 0 Å². The van der Waals surface area contributed by atoms with E-state index in [4.69, 9.17) is 17.3 Å². The molecule has 9 heteroatoms. The largest absolute Gasteiger partial charge is 0.370 e. The van der Waals surface area contributed by atoms with Crippen molar-refractivity contribution in [3.63, 3.8) is 0 Å². The summed E-state index contributed by atoms with van der Waals surface area (Å²) in [5, 5.41) is 6.45. The number of nitrogens with zero attached hydrogens (tertiary/aromatic N) is 1. The van der Waals surface area contributed by atoms with Crippen LogP contribution in [-0.2, 0) is 31.1 Å². The van der Waals surface area contributed by atoms with E-state index >= 15 is 0 Å². The number of carbonyl (C=O) groups excluding carboxylic acids is 4. The Bertz CT molecular complexity index is 1200. The fraction of sp³-hybridized carbons (Fsp3) is 0.333. The number of likely N-dealkylation sites (tertiary alicyclic amines) is 1. The van der Waals surface area contributed by atoms with E-state index in [1.807, 2.05) is 37.3 Å². The van der Waals surface area contributed by atoms with E-state index in [0.29, 0.717) is 22.7 Å². The first-order chi connectivity index (χ1) is 15.7. The summed E-state index contributed by atoms with van der Waals surface area (Å²) in [6, 6.07) is 12.2. The zero-order valence-corrected chi connectivity index (χ0v) is 18.7. The maximum absolute atomic E-state index is 13.7. The van der Waals surface area contributed by atoms with Crippen LogP contribution in [0.15, 0.2) is 42.5 Å². The number of primary amides is 1. The lowest BCUT2D eigenvalue weighted by Gasteiger charge is -2.29. The lowest BCUT2D eigenvalue weighted by molar-refractivity contribution is -0.142. The molecule has 2 aromatic carbocycles. The summed E-state index contributed by atoms with van der Waals surface area (Å²) in [6.07, 6.45) is 0.322. The Morgan fingerprint density at radius 3 is 2.58 bits per heavy atom. The second-order valence-electron chi connectivity index (χ2n) is 8.90. The highest BCUT2D eigenvalue weighted by Crippen LogP contribution is 2.54. The molecule has 0 aromatic heterocycles. The summed E-state index contributed by atoms with van der Waals surface area (Å²) in [5.41, 5.74) is 6.79. The number of nitrogens with two attached hydrogens (primary N) is 1. The first kappa shape index (κ1) is 21.6. The van der Waals surface area contributed by atoms with Crippen LogP contribution < -0.4 is 16.4 Å². The van der Waals surface area contributed by atoms with Gasteiger partial charge in [0, 0.05) is 35.3 Å². The van der Waals surface area contributed by atoms with Crippen molar-refractivity contribution in [1.29, 1.82) is 0 Å². The van der Waals surface area contributed by atoms with E-state index in [1.54, 1.807) is 12.1 Å². The smallest absolute Gasteiger partial charge is 0.250 e. The molecule has 8 nitrogen and oxygen atoms in total. The number of benzene rings is 2. The van der Waals surface area contributed by atoms with E-state index in [1.165, 1.54) is 4.90 Å². The highest BCUT2D eigenvalue weighted by atomic mass is 35.5. The molecule has 170 valence electrons. The van der Waals surface area contributed by atoms with Crippen LogP contribution in [0.25, 0.3) is 0 Å². The topological polar surface area (TPSA) is 122 Å². The molecule has 0 aliphatic carbocycles. The molecule has 4 amide bonds. The minimum atomic E-state index is -1.50. The van der Waals surface area contributed by atoms with E-state index in [-0.39, 0.29) is 13.0 Å². The predicted molar refractivity (Wildman–Crippen MR) is 121 cm³/mol. The summed E-state index contributed by atoms with van der Waals surface area (Å²) in [7, 11) is 0. The lowest BCUT2D eigenvalue weighted by atomic mass is 9.76. The van der Waals surface area contributed by atoms with Gasteiger partial charge in [0.05, 0.1) is 11.8 Å². The molecule has 2 aromatic rings. The van der Waals surface area contributed by atoms with Crippen molar-refractivity contribution in [3.8, 4) is 0 Å². The minimum absolute atomic E-state index is 0.170. The Kier molecular flexibility index (Phi) is 5.02. The Morgan fingerprint density at radius 1 is 1.15 bits per heavy atom. The zero-order valence-electron chi connectivity index (χ0n) is 17.9. The van der Waals surface area contributed by atoms with Gasteiger partial charge in [-0.3, -0.25) is 29.4 Å². The number of nitrogens with one attached hydrogen (secondary N) is 2. The van der Waals surface area contributed by atoms with Gasteiger partial charge in [0.1, 0.15) is 5.54 Å². The number of halogens is 1. The molecule has 3 aliphatic heterocycles. The van der Waals surface area contributed by atoms with Crippen molar-refractivity contribution >= 4 is 40.9 Å². The molecule has 5 rings (SSSR count). The van der Waals surface area contributed by atoms with Crippen molar-refractivity contribution < 1.29 is 19.2 Å². The van der Waals surface area contributed by atoms with Crippen LogP contribution in [0.4, 0.5) is 5.69 Å². The summed E-state index contributed by atoms with van der Waals surface area (Å²) < 4.78 is 0. The first-order valence-corrected chi connectivity index (χ1v) is 11.2. The third kappa shape index (κ3) is 3.16. The summed E-state index contributed by atoms with van der Waals surface area (Å²) in [4.78, 5) is 53.6. The van der Waals surface area contributed by atoms with E-state index in [2.05, 4.69) is 10.6 Å². The molecular formula is C24H23ClN4O4. The van der Waals surface area contributed by atoms with Gasteiger partial charge in [-0.2, -0.15) is 0 Å². The summed E-state index contributed by atoms with van der Waals surface area (Å²) >= 11 is 6.31. The highest BCUT2D eigenvalue weighted by molar-refractivity contribution is 6.31. The Hall–Kier alpha value is -3.23. The number of amides is 4. The van der Waals surface area contributed by atoms with Crippen LogP contribution in [0.5, 0.6) is 0 Å². The summed E-state index contributed by atoms with van der Waals surface area (Å²) in [6.45, 7) is 2.00. The highest BCUT2D eigenvalue weighted by Gasteiger charge is 2.70. The number of rotatable bonds is 5. The quantitative estimate of drug-likeness (QED) is 0.576. The van der Waals surface area contributed by atoms with Crippen LogP contribution in [-0.4, -0.2) is 41.1 Å². The predicted octanol–water partition coefficient (Wildman–Crippen LogP) is 1.49. The molecule has 33 heavy (non-hydrogen) atoms. The lowest BCUT2D eigenvalue weighted by Crippen LogP contribution is -2.53. The fourth-order valence-electron chi connectivity index (χ4n) is 5.59. The van der Waals surface area contributed by atoms with Gasteiger partial charge in [0.25, 0.3) is 0 Å². The third-order valence-corrected chi connectivity index (χ3v) is 7.18. The number of imide groups is 1. The van der Waals surface area contributed by atoms with Gasteiger partial charge in [0.15, 0.2) is 0 Å². The number of anilines is 1. The molecule has 2 fully saturated rings. The maximum atomic E-state index is 13.7. The molecule has 2 saturated heterocycles. The number of hydrogen-bond donors (Lipinski definition) is 3. The van der Waals surface area contributed by atoms with E-state index < -0.39 is 47.0 Å². The number of fused-ring (bicyclic) bond motifs is 4. The molecule has 0 radical (unpaired) electrons. The van der Waals surface area contributed by atoms with Gasteiger partial charge in [-0.05, 0) is 36.6 Å². The Labute approximate surface area is 195 Å². The molecule has 4 unspecified atom stereocenters. The van der Waals surface area contributed by atoms with Gasteiger partial charge < -0.3 is 11.1 Å². The molecule has 1 spiro atoms. The number of aryl methyl sites for hydroxylation is 1. The maximum Gasteiger partial charge on any atom is 0.250 e. The molecule has 4 atom stereocenters. The van der Waals surface area contributed by atoms with Crippen molar-refractivity contribution in [2.45, 2.75) is 31.3 Å². The van der Waals surface area contributed by atoms with Crippen LogP contribution >= 0.6 is 11.6 Å². The third-order valence-electron chi connectivity index (χ3n) is 6.97. The number of hydrogen-bond acceptors (Lipinski definition) is 5. The van der Waals surface area contributed by atoms with Crippen LogP contribution in [0.3, 0.4) is 0 Å². The first-order valence-electron chi connectivity index (χ1n) is 10.8. The van der Waals surface area contributed by atoms with Crippen LogP contribution in [0, 0.1) is 18.8 Å². The van der Waals surface area contributed by atoms with Crippen molar-refractivity contribution in [2.75, 3.05) is 11.9 Å². The molecule has 0 bridgehead atoms. The molecule has 0 saturated carbocycles. The average molecular weight is 467 g/mol. The SMILES string of the molecule is Cc1cc(Cl)cc2c1NC(=O)C21NC(CC(N)=O)C2C(=O)N(CCc3ccccc3)C(=O)C21. The molecule has 4 N–H and O–H groups in total. The fourth-order valence-corrected chi connectivity index (χ4v) is 5.86. The van der Waals surface area contributed by atoms with Crippen LogP contribution in [0.2, 0.25) is 5.02 Å². The van der Waals surface area contributed by atoms with Crippen molar-refractivity contribution in [1.82, 2.24) is 10.2 Å². The van der Waals surface area contributed by atoms with Gasteiger partial charge in [0.2, 0.25) is 23.6 Å². The number of carbonyl (C=O) groups is 4. The van der Waals surface area contributed by atoms with E-state index in [9.17, 15) is 19.2 Å². The van der Waals surface area contributed by atoms with Gasteiger partial charge in [-0.1, -0.05) is 41.9 Å². The second-order valence-corrected chi connectivity index (χ2v) is 9.33. The van der Waals surface area contributed by atoms with Crippen molar-refractivity contribution in [3.05, 3.63) is 64.2 Å². The Balaban J connectivity index is 1.57. The Morgan fingerprint density at radius 2 is 1.88 bits per heavy atom. The molecule has 3 heterocycles. The standard InChI is InChI=1S/C24H23ClN4O4/c1-12-9-14(25)10-15-20(12)27-23(33)24(15)19-18(16(28-24)11-17(26)30)21(31)29(22(19)32)8-7-13-5-3-2-4-6-13/h2-6,9-10,16,18-19,28H,7-8,11H2,1H3,(H2,26,30)(H,27,33). The van der Waals surface area contributed by atoms with Crippen LogP contribution in [0.1, 0.15) is 23.1 Å². The van der Waals surface area contributed by atoms with E-state index in [0.717, 1.165) is 11.1 Å². The normalized spacial score (nSPS) is 27.8. The molecular weight excluding hydrogens is 444 g/mol. The van der Waals surface area contributed by atoms with Crippen molar-refractivity contribution in [2.24, 2.45) is 17.6 Å². The average Bonchev–Trinajstić information content (AvgIpc) is 3.33. The zero-order chi connectivity index (χ0) is 23.5. The summed E-state index contributed by atoms with van der Waals surface area (Å²) in [5.74, 6) is -3.75. The monoisotopic (exact) mass is 466 g/mol. The van der Waals surface area contributed by atoms with Gasteiger partial charge >= 0.3 is 0 Å². The second kappa shape index (κ2) is 7.67. The minimum Gasteiger partial charge on any atom is -0.370 e. The molecule has 3 aliphatic rings.